The van der Waals surface area contributed by atoms with Gasteiger partial charge in [0.1, 0.15) is 0 Å². The van der Waals surface area contributed by atoms with Gasteiger partial charge < -0.3 is 0 Å². The standard InChI is InChI=1S/C15H15BrS.2C2H6/c1-11(2)12-3-7-14(8-4-12)17-15-9-5-13(16)6-10-15;2*1-2/h3-11H,1-2H3;2*1-2H3. The summed E-state index contributed by atoms with van der Waals surface area (Å²) < 4.78 is 1.12. The SMILES string of the molecule is CC.CC.CC(C)c1ccc(Sc2ccc(Br)cc2)cc1. The van der Waals surface area contributed by atoms with Crippen molar-refractivity contribution < 1.29 is 0 Å². The van der Waals surface area contributed by atoms with E-state index in [1.807, 2.05) is 27.7 Å². The molecule has 0 N–H and O–H groups in total. The average Bonchev–Trinajstić information content (AvgIpc) is 2.54. The van der Waals surface area contributed by atoms with Gasteiger partial charge in [-0.3, -0.25) is 0 Å². The van der Waals surface area contributed by atoms with Crippen molar-refractivity contribution in [1.82, 2.24) is 0 Å². The van der Waals surface area contributed by atoms with Gasteiger partial charge in [0.25, 0.3) is 0 Å². The number of rotatable bonds is 3. The maximum Gasteiger partial charge on any atom is 0.0176 e. The minimum Gasteiger partial charge on any atom is -0.0901 e. The third kappa shape index (κ3) is 7.73. The Morgan fingerprint density at radius 2 is 1.10 bits per heavy atom. The zero-order chi connectivity index (χ0) is 16.3. The van der Waals surface area contributed by atoms with Gasteiger partial charge in [0, 0.05) is 14.3 Å². The van der Waals surface area contributed by atoms with E-state index >= 15 is 0 Å². The summed E-state index contributed by atoms with van der Waals surface area (Å²) in [5.41, 5.74) is 1.39. The normalized spacial score (nSPS) is 9.33. The number of hydrogen-bond donors (Lipinski definition) is 0. The Morgan fingerprint density at radius 1 is 0.714 bits per heavy atom. The predicted octanol–water partition coefficient (Wildman–Crippen LogP) is 7.78. The summed E-state index contributed by atoms with van der Waals surface area (Å²) in [6, 6.07) is 17.2. The van der Waals surface area contributed by atoms with Crippen molar-refractivity contribution in [1.29, 1.82) is 0 Å². The van der Waals surface area contributed by atoms with Gasteiger partial charge in [-0.1, -0.05) is 81.4 Å². The lowest BCUT2D eigenvalue weighted by Gasteiger charge is -2.06. The van der Waals surface area contributed by atoms with Crippen molar-refractivity contribution in [3.63, 3.8) is 0 Å². The molecule has 0 nitrogen and oxygen atoms in total. The first-order valence-corrected chi connectivity index (χ1v) is 9.29. The molecule has 0 saturated carbocycles. The molecule has 116 valence electrons. The van der Waals surface area contributed by atoms with E-state index in [0.717, 1.165) is 4.47 Å². The van der Waals surface area contributed by atoms with Crippen LogP contribution in [-0.2, 0) is 0 Å². The lowest BCUT2D eigenvalue weighted by molar-refractivity contribution is 0.865. The zero-order valence-corrected chi connectivity index (χ0v) is 16.4. The van der Waals surface area contributed by atoms with Crippen molar-refractivity contribution in [3.8, 4) is 0 Å². The molecule has 0 aliphatic carbocycles. The summed E-state index contributed by atoms with van der Waals surface area (Å²) in [5.74, 6) is 0.599. The molecule has 2 aromatic rings. The molecule has 0 spiro atoms. The van der Waals surface area contributed by atoms with E-state index in [1.54, 1.807) is 11.8 Å². The van der Waals surface area contributed by atoms with E-state index in [0.29, 0.717) is 5.92 Å². The molecule has 0 amide bonds. The lowest BCUT2D eigenvalue weighted by atomic mass is 10.0. The Kier molecular flexibility index (Phi) is 11.5. The molecule has 0 fully saturated rings. The van der Waals surface area contributed by atoms with Crippen molar-refractivity contribution in [3.05, 3.63) is 58.6 Å². The van der Waals surface area contributed by atoms with E-state index in [2.05, 4.69) is 78.3 Å². The maximum absolute atomic E-state index is 3.45. The van der Waals surface area contributed by atoms with Crippen LogP contribution < -0.4 is 0 Å². The molecule has 2 rings (SSSR count). The molecule has 2 heteroatoms. The van der Waals surface area contributed by atoms with E-state index in [1.165, 1.54) is 15.4 Å². The molecular formula is C19H27BrS. The van der Waals surface area contributed by atoms with E-state index in [9.17, 15) is 0 Å². The van der Waals surface area contributed by atoms with Gasteiger partial charge in [-0.25, -0.2) is 0 Å². The highest BCUT2D eigenvalue weighted by atomic mass is 79.9. The van der Waals surface area contributed by atoms with Crippen LogP contribution in [0.4, 0.5) is 0 Å². The fraction of sp³-hybridized carbons (Fsp3) is 0.368. The van der Waals surface area contributed by atoms with Gasteiger partial charge in [-0.05, 0) is 47.9 Å². The van der Waals surface area contributed by atoms with Gasteiger partial charge in [-0.15, -0.1) is 0 Å². The number of halogens is 1. The van der Waals surface area contributed by atoms with Crippen molar-refractivity contribution >= 4 is 27.7 Å². The highest BCUT2D eigenvalue weighted by molar-refractivity contribution is 9.10. The first-order valence-electron chi connectivity index (χ1n) is 7.68. The molecule has 0 radical (unpaired) electrons. The van der Waals surface area contributed by atoms with Crippen LogP contribution in [0, 0.1) is 0 Å². The molecule has 0 bridgehead atoms. The van der Waals surface area contributed by atoms with Gasteiger partial charge >= 0.3 is 0 Å². The van der Waals surface area contributed by atoms with Crippen molar-refractivity contribution in [2.24, 2.45) is 0 Å². The van der Waals surface area contributed by atoms with Gasteiger partial charge in [0.15, 0.2) is 0 Å². The summed E-state index contributed by atoms with van der Waals surface area (Å²) in [7, 11) is 0. The van der Waals surface area contributed by atoms with E-state index < -0.39 is 0 Å². The second-order valence-electron chi connectivity index (χ2n) is 4.28. The van der Waals surface area contributed by atoms with Crippen LogP contribution in [0.25, 0.3) is 0 Å². The topological polar surface area (TPSA) is 0 Å². The van der Waals surface area contributed by atoms with Crippen LogP contribution in [0.2, 0.25) is 0 Å². The summed E-state index contributed by atoms with van der Waals surface area (Å²) in [6.45, 7) is 12.4. The molecule has 0 aliphatic heterocycles. The molecule has 0 saturated heterocycles. The Morgan fingerprint density at radius 3 is 1.48 bits per heavy atom. The molecular weight excluding hydrogens is 340 g/mol. The van der Waals surface area contributed by atoms with Crippen LogP contribution in [0.5, 0.6) is 0 Å². The number of hydrogen-bond acceptors (Lipinski definition) is 1. The fourth-order valence-corrected chi connectivity index (χ4v) is 2.64. The molecule has 0 unspecified atom stereocenters. The van der Waals surface area contributed by atoms with E-state index in [4.69, 9.17) is 0 Å². The number of benzene rings is 2. The van der Waals surface area contributed by atoms with E-state index in [-0.39, 0.29) is 0 Å². The molecule has 0 atom stereocenters. The molecule has 0 heterocycles. The Bertz CT molecular complexity index is 472. The van der Waals surface area contributed by atoms with Gasteiger partial charge in [-0.2, -0.15) is 0 Å². The van der Waals surface area contributed by atoms with Crippen LogP contribution in [0.1, 0.15) is 53.0 Å². The third-order valence-electron chi connectivity index (χ3n) is 2.60. The molecule has 0 aliphatic rings. The second-order valence-corrected chi connectivity index (χ2v) is 6.34. The molecule has 21 heavy (non-hydrogen) atoms. The Hall–Kier alpha value is -0.730. The third-order valence-corrected chi connectivity index (χ3v) is 4.14. The quantitative estimate of drug-likeness (QED) is 0.534. The summed E-state index contributed by atoms with van der Waals surface area (Å²) in [4.78, 5) is 2.56. The van der Waals surface area contributed by atoms with Crippen molar-refractivity contribution in [2.45, 2.75) is 57.3 Å². The Labute approximate surface area is 143 Å². The first-order chi connectivity index (χ1) is 10.1. The minimum absolute atomic E-state index is 0.599. The molecule has 0 aromatic heterocycles. The highest BCUT2D eigenvalue weighted by Gasteiger charge is 2.00. The smallest absolute Gasteiger partial charge is 0.0176 e. The lowest BCUT2D eigenvalue weighted by Crippen LogP contribution is -1.85. The van der Waals surface area contributed by atoms with Crippen LogP contribution >= 0.6 is 27.7 Å². The summed E-state index contributed by atoms with van der Waals surface area (Å²) in [6.07, 6.45) is 0. The predicted molar refractivity (Wildman–Crippen MR) is 101 cm³/mol. The van der Waals surface area contributed by atoms with Gasteiger partial charge in [0.05, 0.1) is 0 Å². The summed E-state index contributed by atoms with van der Waals surface area (Å²) in [5, 5.41) is 0. The minimum atomic E-state index is 0.599. The first kappa shape index (κ1) is 20.3. The largest absolute Gasteiger partial charge is 0.0901 e. The monoisotopic (exact) mass is 366 g/mol. The summed E-state index contributed by atoms with van der Waals surface area (Å²) >= 11 is 5.24. The fourth-order valence-electron chi connectivity index (χ4n) is 1.56. The van der Waals surface area contributed by atoms with Gasteiger partial charge in [0.2, 0.25) is 0 Å². The zero-order valence-electron chi connectivity index (χ0n) is 14.0. The van der Waals surface area contributed by atoms with Crippen LogP contribution in [-0.4, -0.2) is 0 Å². The highest BCUT2D eigenvalue weighted by Crippen LogP contribution is 2.29. The van der Waals surface area contributed by atoms with Crippen molar-refractivity contribution in [2.75, 3.05) is 0 Å². The Balaban J connectivity index is 0.000000921. The van der Waals surface area contributed by atoms with Crippen LogP contribution in [0.3, 0.4) is 0 Å². The average molecular weight is 367 g/mol. The second kappa shape index (κ2) is 11.9. The van der Waals surface area contributed by atoms with Crippen LogP contribution in [0.15, 0.2) is 62.8 Å². The maximum atomic E-state index is 3.45. The molecule has 2 aromatic carbocycles.